The van der Waals surface area contributed by atoms with E-state index >= 15 is 0 Å². The van der Waals surface area contributed by atoms with Gasteiger partial charge in [-0.05, 0) is 30.4 Å². The van der Waals surface area contributed by atoms with E-state index in [1.807, 2.05) is 0 Å². The van der Waals surface area contributed by atoms with E-state index in [1.165, 1.54) is 17.4 Å². The molecule has 0 atom stereocenters. The molecule has 0 saturated heterocycles. The summed E-state index contributed by atoms with van der Waals surface area (Å²) in [6.07, 6.45) is 4.27. The molecule has 0 unspecified atom stereocenters. The zero-order valence-electron chi connectivity index (χ0n) is 17.1. The highest BCUT2D eigenvalue weighted by atomic mass is 127. The van der Waals surface area contributed by atoms with Gasteiger partial charge in [-0.15, -0.1) is 24.0 Å². The molecule has 0 bridgehead atoms. The number of aryl methyl sites for hydroxylation is 1. The molecule has 1 aromatic carbocycles. The van der Waals surface area contributed by atoms with Crippen molar-refractivity contribution in [1.29, 1.82) is 0 Å². The number of hydrogen-bond donors (Lipinski definition) is 2. The summed E-state index contributed by atoms with van der Waals surface area (Å²) in [5, 5.41) is 6.70. The Labute approximate surface area is 181 Å². The van der Waals surface area contributed by atoms with E-state index in [2.05, 4.69) is 60.7 Å². The molecule has 154 valence electrons. The molecule has 0 spiro atoms. The number of rotatable bonds is 8. The SMILES string of the molecule is CCc1ccc(C(C)(C)CNC(=NC)NCC2(CS(C)(=O)=O)CC2)cc1.I. The highest BCUT2D eigenvalue weighted by Crippen LogP contribution is 2.46. The van der Waals surface area contributed by atoms with Crippen molar-refractivity contribution < 1.29 is 8.42 Å². The first-order chi connectivity index (χ1) is 12.1. The van der Waals surface area contributed by atoms with E-state index in [0.29, 0.717) is 6.54 Å². The van der Waals surface area contributed by atoms with Crippen molar-refractivity contribution in [3.8, 4) is 0 Å². The van der Waals surface area contributed by atoms with Crippen molar-refractivity contribution >= 4 is 39.8 Å². The molecule has 2 rings (SSSR count). The quantitative estimate of drug-likeness (QED) is 0.322. The molecule has 7 heteroatoms. The van der Waals surface area contributed by atoms with Gasteiger partial charge in [-0.3, -0.25) is 4.99 Å². The summed E-state index contributed by atoms with van der Waals surface area (Å²) in [5.74, 6) is 0.974. The minimum absolute atomic E-state index is 0. The van der Waals surface area contributed by atoms with Crippen LogP contribution < -0.4 is 10.6 Å². The van der Waals surface area contributed by atoms with Crippen LogP contribution in [0.15, 0.2) is 29.3 Å². The zero-order chi connectivity index (χ0) is 19.4. The molecule has 0 heterocycles. The molecule has 0 aromatic heterocycles. The minimum atomic E-state index is -2.95. The topological polar surface area (TPSA) is 70.6 Å². The molecule has 1 aromatic rings. The molecule has 27 heavy (non-hydrogen) atoms. The number of aliphatic imine (C=N–C) groups is 1. The van der Waals surface area contributed by atoms with Gasteiger partial charge < -0.3 is 10.6 Å². The van der Waals surface area contributed by atoms with Crippen molar-refractivity contribution in [1.82, 2.24) is 10.6 Å². The lowest BCUT2D eigenvalue weighted by Gasteiger charge is -2.27. The Morgan fingerprint density at radius 3 is 2.22 bits per heavy atom. The predicted molar refractivity (Wildman–Crippen MR) is 125 cm³/mol. The lowest BCUT2D eigenvalue weighted by molar-refractivity contribution is 0.498. The Hall–Kier alpha value is -0.830. The van der Waals surface area contributed by atoms with Crippen LogP contribution in [0.2, 0.25) is 0 Å². The number of hydrogen-bond acceptors (Lipinski definition) is 3. The summed E-state index contributed by atoms with van der Waals surface area (Å²) in [6, 6.07) is 8.77. The molecular formula is C20H34IN3O2S. The molecule has 1 saturated carbocycles. The Kier molecular flexibility index (Phi) is 8.59. The molecule has 1 aliphatic carbocycles. The molecule has 1 aliphatic rings. The van der Waals surface area contributed by atoms with E-state index < -0.39 is 9.84 Å². The van der Waals surface area contributed by atoms with Crippen molar-refractivity contribution in [3.63, 3.8) is 0 Å². The third kappa shape index (κ3) is 7.60. The number of guanidine groups is 1. The summed E-state index contributed by atoms with van der Waals surface area (Å²) in [4.78, 5) is 4.28. The largest absolute Gasteiger partial charge is 0.356 e. The fraction of sp³-hybridized carbons (Fsp3) is 0.650. The standard InChI is InChI=1S/C20H33N3O2S.HI/c1-6-16-7-9-17(10-8-16)19(2,3)13-22-18(21-4)23-14-20(11-12-20)15-26(5,24)25;/h7-10H,6,11-15H2,1-5H3,(H2,21,22,23);1H. The third-order valence-corrected chi connectivity index (χ3v) is 6.36. The first-order valence-corrected chi connectivity index (χ1v) is 11.4. The first-order valence-electron chi connectivity index (χ1n) is 9.31. The van der Waals surface area contributed by atoms with Gasteiger partial charge in [-0.25, -0.2) is 8.42 Å². The lowest BCUT2D eigenvalue weighted by Crippen LogP contribution is -2.45. The molecule has 1 fully saturated rings. The van der Waals surface area contributed by atoms with E-state index in [-0.39, 0.29) is 40.6 Å². The Balaban J connectivity index is 0.00000364. The number of benzene rings is 1. The van der Waals surface area contributed by atoms with Crippen LogP contribution in [-0.2, 0) is 21.7 Å². The number of nitrogens with one attached hydrogen (secondary N) is 2. The van der Waals surface area contributed by atoms with Gasteiger partial charge in [-0.1, -0.05) is 45.0 Å². The van der Waals surface area contributed by atoms with Crippen LogP contribution in [0.25, 0.3) is 0 Å². The fourth-order valence-electron chi connectivity index (χ4n) is 3.20. The average molecular weight is 507 g/mol. The monoisotopic (exact) mass is 507 g/mol. The Bertz CT molecular complexity index is 739. The van der Waals surface area contributed by atoms with Crippen LogP contribution in [0.3, 0.4) is 0 Å². The maximum absolute atomic E-state index is 11.6. The van der Waals surface area contributed by atoms with E-state index in [4.69, 9.17) is 0 Å². The van der Waals surface area contributed by atoms with Crippen LogP contribution in [0, 0.1) is 5.41 Å². The molecule has 0 aliphatic heterocycles. The van der Waals surface area contributed by atoms with Crippen molar-refractivity contribution in [2.24, 2.45) is 10.4 Å². The van der Waals surface area contributed by atoms with Crippen molar-refractivity contribution in [2.45, 2.75) is 45.4 Å². The third-order valence-electron chi connectivity index (χ3n) is 5.22. The minimum Gasteiger partial charge on any atom is -0.356 e. The van der Waals surface area contributed by atoms with Crippen LogP contribution in [0.1, 0.15) is 44.7 Å². The van der Waals surface area contributed by atoms with Gasteiger partial charge in [0, 0.05) is 37.2 Å². The molecule has 5 nitrogen and oxygen atoms in total. The molecule has 2 N–H and O–H groups in total. The summed E-state index contributed by atoms with van der Waals surface area (Å²) in [7, 11) is -1.21. The smallest absolute Gasteiger partial charge is 0.191 e. The van der Waals surface area contributed by atoms with E-state index in [1.54, 1.807) is 7.05 Å². The highest BCUT2D eigenvalue weighted by molar-refractivity contribution is 14.0. The summed E-state index contributed by atoms with van der Waals surface area (Å²) >= 11 is 0. The lowest BCUT2D eigenvalue weighted by atomic mass is 9.84. The van der Waals surface area contributed by atoms with Gasteiger partial charge in [-0.2, -0.15) is 0 Å². The van der Waals surface area contributed by atoms with Crippen LogP contribution in [0.5, 0.6) is 0 Å². The summed E-state index contributed by atoms with van der Waals surface area (Å²) in [5.41, 5.74) is 2.48. The molecular weight excluding hydrogens is 473 g/mol. The Morgan fingerprint density at radius 1 is 1.19 bits per heavy atom. The van der Waals surface area contributed by atoms with Crippen LogP contribution >= 0.6 is 24.0 Å². The van der Waals surface area contributed by atoms with Crippen LogP contribution in [-0.4, -0.2) is 46.5 Å². The maximum atomic E-state index is 11.6. The summed E-state index contributed by atoms with van der Waals surface area (Å²) < 4.78 is 23.2. The second kappa shape index (κ2) is 9.58. The summed E-state index contributed by atoms with van der Waals surface area (Å²) in [6.45, 7) is 7.97. The van der Waals surface area contributed by atoms with Crippen LogP contribution in [0.4, 0.5) is 0 Å². The highest BCUT2D eigenvalue weighted by Gasteiger charge is 2.45. The zero-order valence-corrected chi connectivity index (χ0v) is 20.3. The predicted octanol–water partition coefficient (Wildman–Crippen LogP) is 3.13. The van der Waals surface area contributed by atoms with E-state index in [9.17, 15) is 8.42 Å². The van der Waals surface area contributed by atoms with Crippen molar-refractivity contribution in [3.05, 3.63) is 35.4 Å². The fourth-order valence-corrected chi connectivity index (χ4v) is 4.70. The van der Waals surface area contributed by atoms with Gasteiger partial charge in [0.15, 0.2) is 5.96 Å². The van der Waals surface area contributed by atoms with Gasteiger partial charge in [0.05, 0.1) is 5.75 Å². The normalized spacial score (nSPS) is 16.4. The second-order valence-electron chi connectivity index (χ2n) is 8.28. The molecule has 0 radical (unpaired) electrons. The van der Waals surface area contributed by atoms with E-state index in [0.717, 1.165) is 31.8 Å². The number of nitrogens with zero attached hydrogens (tertiary/aromatic N) is 1. The van der Waals surface area contributed by atoms with Crippen molar-refractivity contribution in [2.75, 3.05) is 32.1 Å². The van der Waals surface area contributed by atoms with Gasteiger partial charge >= 0.3 is 0 Å². The Morgan fingerprint density at radius 2 is 1.78 bits per heavy atom. The maximum Gasteiger partial charge on any atom is 0.191 e. The second-order valence-corrected chi connectivity index (χ2v) is 10.4. The van der Waals surface area contributed by atoms with Gasteiger partial charge in [0.1, 0.15) is 9.84 Å². The number of halogens is 1. The van der Waals surface area contributed by atoms with Gasteiger partial charge in [0.2, 0.25) is 0 Å². The van der Waals surface area contributed by atoms with Gasteiger partial charge in [0.25, 0.3) is 0 Å². The first kappa shape index (κ1) is 24.2. The average Bonchev–Trinajstić information content (AvgIpc) is 3.32. The molecule has 0 amide bonds. The number of sulfone groups is 1.